The second kappa shape index (κ2) is 3.24. The van der Waals surface area contributed by atoms with Crippen LogP contribution in [0.15, 0.2) is 0 Å². The summed E-state index contributed by atoms with van der Waals surface area (Å²) in [5.41, 5.74) is 0. The molecule has 0 aromatic rings. The molecule has 0 bridgehead atoms. The molecule has 0 aromatic heterocycles. The van der Waals surface area contributed by atoms with Crippen LogP contribution in [0.3, 0.4) is 0 Å². The van der Waals surface area contributed by atoms with E-state index in [0.29, 0.717) is 5.92 Å². The maximum atomic E-state index is 5.25. The number of hydrogen-bond donors (Lipinski definition) is 0. The van der Waals surface area contributed by atoms with Crippen LogP contribution in [-0.4, -0.2) is 9.95 Å². The molecular formula is C7H8S2. The van der Waals surface area contributed by atoms with E-state index < -0.39 is 0 Å². The Morgan fingerprint density at radius 3 is 3.00 bits per heavy atom. The lowest BCUT2D eigenvalue weighted by Gasteiger charge is -2.15. The first-order valence-electron chi connectivity index (χ1n) is 2.94. The van der Waals surface area contributed by atoms with Gasteiger partial charge in [0.05, 0.1) is 0 Å². The van der Waals surface area contributed by atoms with E-state index in [4.69, 9.17) is 18.6 Å². The first-order valence-corrected chi connectivity index (χ1v) is 4.34. The van der Waals surface area contributed by atoms with Crippen molar-refractivity contribution in [1.29, 1.82) is 0 Å². The van der Waals surface area contributed by atoms with Gasteiger partial charge < -0.3 is 0 Å². The molecule has 1 saturated heterocycles. The molecule has 1 atom stereocenters. The fraction of sp³-hybridized carbons (Fsp3) is 0.571. The van der Waals surface area contributed by atoms with Crippen molar-refractivity contribution < 1.29 is 0 Å². The van der Waals surface area contributed by atoms with E-state index in [0.717, 1.165) is 22.8 Å². The Bertz CT molecular complexity index is 155. The molecule has 0 spiro atoms. The lowest BCUT2D eigenvalue weighted by molar-refractivity contribution is 0.686. The summed E-state index contributed by atoms with van der Waals surface area (Å²) in [5, 5.41) is 0. The zero-order valence-electron chi connectivity index (χ0n) is 5.09. The van der Waals surface area contributed by atoms with Crippen molar-refractivity contribution in [2.75, 3.05) is 5.75 Å². The summed E-state index contributed by atoms with van der Waals surface area (Å²) in [6.45, 7) is 0. The first-order chi connectivity index (χ1) is 4.33. The molecule has 9 heavy (non-hydrogen) atoms. The van der Waals surface area contributed by atoms with Gasteiger partial charge in [-0.3, -0.25) is 0 Å². The Balaban J connectivity index is 2.43. The fourth-order valence-corrected chi connectivity index (χ4v) is 2.22. The Morgan fingerprint density at radius 1 is 1.78 bits per heavy atom. The maximum absolute atomic E-state index is 5.25. The monoisotopic (exact) mass is 156 g/mol. The van der Waals surface area contributed by atoms with Gasteiger partial charge in [-0.25, -0.2) is 0 Å². The summed E-state index contributed by atoms with van der Waals surface area (Å²) >= 11 is 6.79. The van der Waals surface area contributed by atoms with Gasteiger partial charge in [-0.1, -0.05) is 12.2 Å². The highest BCUT2D eigenvalue weighted by molar-refractivity contribution is 8.23. The summed E-state index contributed by atoms with van der Waals surface area (Å²) in [7, 11) is 0. The van der Waals surface area contributed by atoms with E-state index in [1.165, 1.54) is 0 Å². The molecule has 2 heteroatoms. The van der Waals surface area contributed by atoms with E-state index >= 15 is 0 Å². The van der Waals surface area contributed by atoms with Crippen molar-refractivity contribution in [3.63, 3.8) is 0 Å². The van der Waals surface area contributed by atoms with Crippen LogP contribution in [0.1, 0.15) is 12.8 Å². The topological polar surface area (TPSA) is 0 Å². The average Bonchev–Trinajstić information content (AvgIpc) is 1.88. The molecule has 1 rings (SSSR count). The van der Waals surface area contributed by atoms with Crippen molar-refractivity contribution >= 4 is 28.2 Å². The number of thiocarbonyl (C=S) groups is 1. The minimum absolute atomic E-state index is 0.429. The highest BCUT2D eigenvalue weighted by Crippen LogP contribution is 2.24. The third-order valence-corrected chi connectivity index (χ3v) is 2.83. The van der Waals surface area contributed by atoms with Gasteiger partial charge in [0.2, 0.25) is 0 Å². The maximum Gasteiger partial charge on any atom is 0.0490 e. The van der Waals surface area contributed by atoms with Crippen molar-refractivity contribution in [2.24, 2.45) is 5.92 Å². The van der Waals surface area contributed by atoms with Crippen LogP contribution in [0.25, 0.3) is 0 Å². The molecule has 48 valence electrons. The van der Waals surface area contributed by atoms with Gasteiger partial charge in [0.1, 0.15) is 0 Å². The minimum Gasteiger partial charge on any atom is -0.120 e. The average molecular weight is 156 g/mol. The van der Waals surface area contributed by atoms with Crippen LogP contribution in [-0.2, 0) is 0 Å². The van der Waals surface area contributed by atoms with Gasteiger partial charge in [0.25, 0.3) is 0 Å². The fourth-order valence-electron chi connectivity index (χ4n) is 0.819. The summed E-state index contributed by atoms with van der Waals surface area (Å²) in [6.07, 6.45) is 7.34. The van der Waals surface area contributed by atoms with Crippen LogP contribution in [0, 0.1) is 18.3 Å². The summed E-state index contributed by atoms with van der Waals surface area (Å²) < 4.78 is 1.09. The van der Waals surface area contributed by atoms with Crippen LogP contribution in [0.4, 0.5) is 0 Å². The van der Waals surface area contributed by atoms with E-state index in [-0.39, 0.29) is 0 Å². The van der Waals surface area contributed by atoms with E-state index in [9.17, 15) is 0 Å². The zero-order valence-corrected chi connectivity index (χ0v) is 6.73. The smallest absolute Gasteiger partial charge is 0.0490 e. The first kappa shape index (κ1) is 7.11. The molecule has 0 aliphatic carbocycles. The minimum atomic E-state index is 0.429. The van der Waals surface area contributed by atoms with Crippen molar-refractivity contribution in [3.8, 4) is 12.3 Å². The van der Waals surface area contributed by atoms with Gasteiger partial charge in [-0.15, -0.1) is 24.1 Å². The van der Waals surface area contributed by atoms with E-state index in [1.807, 2.05) is 0 Å². The van der Waals surface area contributed by atoms with Gasteiger partial charge in [0.15, 0.2) is 0 Å². The molecule has 0 radical (unpaired) electrons. The normalized spacial score (nSPS) is 27.4. The molecule has 1 unspecified atom stereocenters. The standard InChI is InChI=1S/C7H8S2/c1-2-6-3-4-9-7(8)5-6/h1,6H,3-5H2. The highest BCUT2D eigenvalue weighted by Gasteiger charge is 2.14. The van der Waals surface area contributed by atoms with Crippen molar-refractivity contribution in [3.05, 3.63) is 0 Å². The van der Waals surface area contributed by atoms with Gasteiger partial charge in [0, 0.05) is 16.5 Å². The Labute approximate surface area is 65.4 Å². The predicted octanol–water partition coefficient (Wildman–Crippen LogP) is 2.09. The van der Waals surface area contributed by atoms with Crippen LogP contribution in [0.2, 0.25) is 0 Å². The lowest BCUT2D eigenvalue weighted by Crippen LogP contribution is -2.10. The molecular weight excluding hydrogens is 148 g/mol. The van der Waals surface area contributed by atoms with Crippen LogP contribution >= 0.6 is 24.0 Å². The predicted molar refractivity (Wildman–Crippen MR) is 46.6 cm³/mol. The van der Waals surface area contributed by atoms with E-state index in [1.54, 1.807) is 11.8 Å². The lowest BCUT2D eigenvalue weighted by atomic mass is 10.0. The summed E-state index contributed by atoms with van der Waals surface area (Å²) in [6, 6.07) is 0. The van der Waals surface area contributed by atoms with Gasteiger partial charge in [-0.05, 0) is 12.2 Å². The van der Waals surface area contributed by atoms with Crippen LogP contribution in [0.5, 0.6) is 0 Å². The molecule has 1 heterocycles. The van der Waals surface area contributed by atoms with Crippen molar-refractivity contribution in [2.45, 2.75) is 12.8 Å². The zero-order chi connectivity index (χ0) is 6.69. The molecule has 1 aliphatic rings. The Morgan fingerprint density at radius 2 is 2.56 bits per heavy atom. The second-order valence-electron chi connectivity index (χ2n) is 2.08. The molecule has 0 aromatic carbocycles. The number of thioether (sulfide) groups is 1. The third kappa shape index (κ3) is 2.00. The third-order valence-electron chi connectivity index (χ3n) is 1.38. The van der Waals surface area contributed by atoms with E-state index in [2.05, 4.69) is 5.92 Å². The quantitative estimate of drug-likeness (QED) is 0.389. The SMILES string of the molecule is C#CC1CCSC(=S)C1. The second-order valence-corrected chi connectivity index (χ2v) is 4.02. The highest BCUT2D eigenvalue weighted by atomic mass is 32.2. The Kier molecular flexibility index (Phi) is 2.56. The number of hydrogen-bond acceptors (Lipinski definition) is 2. The molecule has 0 nitrogen and oxygen atoms in total. The van der Waals surface area contributed by atoms with Crippen molar-refractivity contribution in [1.82, 2.24) is 0 Å². The molecule has 1 aliphatic heterocycles. The molecule has 0 amide bonds. The number of rotatable bonds is 0. The van der Waals surface area contributed by atoms with Gasteiger partial charge >= 0.3 is 0 Å². The summed E-state index contributed by atoms with van der Waals surface area (Å²) in [5.74, 6) is 4.28. The molecule has 0 saturated carbocycles. The largest absolute Gasteiger partial charge is 0.120 e. The van der Waals surface area contributed by atoms with Crippen LogP contribution < -0.4 is 0 Å². The Hall–Kier alpha value is -0.0000000000000000278. The molecule has 1 fully saturated rings. The number of terminal acetylenes is 1. The summed E-state index contributed by atoms with van der Waals surface area (Å²) in [4.78, 5) is 0. The molecule has 0 N–H and O–H groups in total. The van der Waals surface area contributed by atoms with Gasteiger partial charge in [-0.2, -0.15) is 0 Å².